The molecule has 0 bridgehead atoms. The summed E-state index contributed by atoms with van der Waals surface area (Å²) in [6, 6.07) is 7.57. The lowest BCUT2D eigenvalue weighted by atomic mass is 10.1. The van der Waals surface area contributed by atoms with E-state index < -0.39 is 5.82 Å². The molecule has 17 heavy (non-hydrogen) atoms. The number of benzene rings is 1. The van der Waals surface area contributed by atoms with Gasteiger partial charge in [0, 0.05) is 16.9 Å². The van der Waals surface area contributed by atoms with Crippen LogP contribution in [-0.2, 0) is 6.42 Å². The van der Waals surface area contributed by atoms with Crippen molar-refractivity contribution in [3.63, 3.8) is 0 Å². The van der Waals surface area contributed by atoms with E-state index >= 15 is 0 Å². The highest BCUT2D eigenvalue weighted by Crippen LogP contribution is 2.23. The summed E-state index contributed by atoms with van der Waals surface area (Å²) in [4.78, 5) is 12.7. The zero-order chi connectivity index (χ0) is 12.4. The molecule has 2 rings (SSSR count). The number of rotatable bonds is 3. The van der Waals surface area contributed by atoms with E-state index in [0.29, 0.717) is 9.90 Å². The van der Waals surface area contributed by atoms with Crippen molar-refractivity contribution in [1.29, 1.82) is 0 Å². The Morgan fingerprint density at radius 2 is 2.00 bits per heavy atom. The smallest absolute Gasteiger partial charge is 0.168 e. The molecule has 88 valence electrons. The first-order valence-electron chi connectivity index (χ1n) is 4.79. The minimum atomic E-state index is -0.582. The van der Waals surface area contributed by atoms with Gasteiger partial charge in [0.25, 0.3) is 0 Å². The van der Waals surface area contributed by atoms with Gasteiger partial charge in [0.2, 0.25) is 0 Å². The Morgan fingerprint density at radius 3 is 2.59 bits per heavy atom. The average molecular weight is 289 g/mol. The molecule has 0 aliphatic rings. The van der Waals surface area contributed by atoms with E-state index in [0.717, 1.165) is 10.9 Å². The molecule has 0 N–H and O–H groups in total. The van der Waals surface area contributed by atoms with Gasteiger partial charge in [-0.1, -0.05) is 23.2 Å². The summed E-state index contributed by atoms with van der Waals surface area (Å²) in [7, 11) is 0. The van der Waals surface area contributed by atoms with Crippen molar-refractivity contribution < 1.29 is 9.18 Å². The molecule has 0 radical (unpaired) electrons. The molecular weight excluding hydrogens is 282 g/mol. The van der Waals surface area contributed by atoms with Gasteiger partial charge in [-0.05, 0) is 30.3 Å². The third-order valence-corrected chi connectivity index (χ3v) is 3.74. The maximum Gasteiger partial charge on any atom is 0.168 e. The molecule has 1 heterocycles. The summed E-state index contributed by atoms with van der Waals surface area (Å²) in [5, 5.41) is 0.0146. The molecule has 0 atom stereocenters. The van der Waals surface area contributed by atoms with Gasteiger partial charge in [-0.25, -0.2) is 4.39 Å². The maximum absolute atomic E-state index is 13.2. The van der Waals surface area contributed by atoms with Crippen molar-refractivity contribution >= 4 is 40.3 Å². The number of hydrogen-bond acceptors (Lipinski definition) is 2. The predicted octanol–water partition coefficient (Wildman–Crippen LogP) is 4.62. The van der Waals surface area contributed by atoms with Crippen LogP contribution in [0.2, 0.25) is 9.36 Å². The lowest BCUT2D eigenvalue weighted by Crippen LogP contribution is -2.02. The summed E-state index contributed by atoms with van der Waals surface area (Å²) < 4.78 is 13.8. The molecule has 0 unspecified atom stereocenters. The Bertz CT molecular complexity index is 565. The molecule has 2 aromatic rings. The Morgan fingerprint density at radius 1 is 1.24 bits per heavy atom. The van der Waals surface area contributed by atoms with Crippen LogP contribution in [0.15, 0.2) is 30.3 Å². The van der Waals surface area contributed by atoms with Gasteiger partial charge in [0.1, 0.15) is 5.82 Å². The summed E-state index contributed by atoms with van der Waals surface area (Å²) in [6.45, 7) is 0. The zero-order valence-corrected chi connectivity index (χ0v) is 10.9. The van der Waals surface area contributed by atoms with Crippen molar-refractivity contribution in [2.24, 2.45) is 0 Å². The largest absolute Gasteiger partial charge is 0.294 e. The fourth-order valence-electron chi connectivity index (χ4n) is 1.38. The van der Waals surface area contributed by atoms with Crippen molar-refractivity contribution in [3.8, 4) is 0 Å². The highest BCUT2D eigenvalue weighted by molar-refractivity contribution is 7.16. The fourth-order valence-corrected chi connectivity index (χ4v) is 2.58. The van der Waals surface area contributed by atoms with Crippen LogP contribution in [0.4, 0.5) is 4.39 Å². The SMILES string of the molecule is O=C(Cc1ccc(Cl)s1)c1ccc(Cl)c(F)c1. The first-order valence-corrected chi connectivity index (χ1v) is 6.36. The van der Waals surface area contributed by atoms with E-state index in [9.17, 15) is 9.18 Å². The summed E-state index contributed by atoms with van der Waals surface area (Å²) >= 11 is 12.7. The van der Waals surface area contributed by atoms with Crippen molar-refractivity contribution in [2.75, 3.05) is 0 Å². The quantitative estimate of drug-likeness (QED) is 0.753. The number of halogens is 3. The lowest BCUT2D eigenvalue weighted by molar-refractivity contribution is 0.0993. The van der Waals surface area contributed by atoms with Gasteiger partial charge in [-0.3, -0.25) is 4.79 Å². The van der Waals surface area contributed by atoms with Crippen LogP contribution < -0.4 is 0 Å². The first-order chi connectivity index (χ1) is 8.06. The van der Waals surface area contributed by atoms with Crippen LogP contribution in [0.3, 0.4) is 0 Å². The van der Waals surface area contributed by atoms with E-state index in [4.69, 9.17) is 23.2 Å². The van der Waals surface area contributed by atoms with Crippen LogP contribution in [-0.4, -0.2) is 5.78 Å². The van der Waals surface area contributed by atoms with Crippen LogP contribution in [0.1, 0.15) is 15.2 Å². The summed E-state index contributed by atoms with van der Waals surface area (Å²) in [6.07, 6.45) is 0.221. The van der Waals surface area contributed by atoms with E-state index in [-0.39, 0.29) is 17.2 Å². The van der Waals surface area contributed by atoms with Crippen molar-refractivity contribution in [3.05, 3.63) is 55.9 Å². The van der Waals surface area contributed by atoms with Gasteiger partial charge >= 0.3 is 0 Å². The van der Waals surface area contributed by atoms with E-state index in [1.165, 1.54) is 23.5 Å². The second-order valence-corrected chi connectivity index (χ2v) is 5.64. The normalized spacial score (nSPS) is 10.5. The van der Waals surface area contributed by atoms with Crippen LogP contribution in [0, 0.1) is 5.82 Å². The van der Waals surface area contributed by atoms with Gasteiger partial charge in [0.15, 0.2) is 5.78 Å². The van der Waals surface area contributed by atoms with E-state index in [1.54, 1.807) is 12.1 Å². The molecule has 0 aliphatic carbocycles. The molecule has 1 aromatic carbocycles. The third kappa shape index (κ3) is 3.06. The Labute approximate surface area is 112 Å². The highest BCUT2D eigenvalue weighted by Gasteiger charge is 2.11. The van der Waals surface area contributed by atoms with Crippen molar-refractivity contribution in [2.45, 2.75) is 6.42 Å². The molecule has 0 fully saturated rings. The molecule has 0 saturated carbocycles. The minimum absolute atomic E-state index is 0.0146. The molecule has 1 aromatic heterocycles. The van der Waals surface area contributed by atoms with Crippen LogP contribution in [0.25, 0.3) is 0 Å². The second-order valence-electron chi connectivity index (χ2n) is 3.43. The molecular formula is C12H7Cl2FOS. The predicted molar refractivity (Wildman–Crippen MR) is 68.8 cm³/mol. The summed E-state index contributed by atoms with van der Waals surface area (Å²) in [5.74, 6) is -0.735. The van der Waals surface area contributed by atoms with Crippen LogP contribution in [0.5, 0.6) is 0 Å². The third-order valence-electron chi connectivity index (χ3n) is 2.21. The van der Waals surface area contributed by atoms with Gasteiger partial charge < -0.3 is 0 Å². The molecule has 1 nitrogen and oxygen atoms in total. The first kappa shape index (κ1) is 12.6. The van der Waals surface area contributed by atoms with E-state index in [2.05, 4.69) is 0 Å². The topological polar surface area (TPSA) is 17.1 Å². The Kier molecular flexibility index (Phi) is 3.82. The molecule has 0 saturated heterocycles. The number of hydrogen-bond donors (Lipinski definition) is 0. The fraction of sp³-hybridized carbons (Fsp3) is 0.0833. The van der Waals surface area contributed by atoms with Crippen molar-refractivity contribution in [1.82, 2.24) is 0 Å². The number of carbonyl (C=O) groups excluding carboxylic acids is 1. The van der Waals surface area contributed by atoms with Gasteiger partial charge in [0.05, 0.1) is 9.36 Å². The number of Topliss-reactive ketones (excluding diaryl/α,β-unsaturated/α-hetero) is 1. The lowest BCUT2D eigenvalue weighted by Gasteiger charge is -2.00. The number of thiophene rings is 1. The van der Waals surface area contributed by atoms with E-state index in [1.807, 2.05) is 0 Å². The highest BCUT2D eigenvalue weighted by atomic mass is 35.5. The molecule has 0 amide bonds. The molecule has 5 heteroatoms. The summed E-state index contributed by atoms with van der Waals surface area (Å²) in [5.41, 5.74) is 0.316. The molecule has 0 spiro atoms. The standard InChI is InChI=1S/C12H7Cl2FOS/c13-9-3-1-7(5-10(9)15)11(16)6-8-2-4-12(14)17-8/h1-5H,6H2. The monoisotopic (exact) mass is 288 g/mol. The molecule has 0 aliphatic heterocycles. The minimum Gasteiger partial charge on any atom is -0.294 e. The Hall–Kier alpha value is -0.900. The number of ketones is 1. The maximum atomic E-state index is 13.2. The zero-order valence-electron chi connectivity index (χ0n) is 8.54. The van der Waals surface area contributed by atoms with Crippen LogP contribution >= 0.6 is 34.5 Å². The number of carbonyl (C=O) groups is 1. The Balaban J connectivity index is 2.17. The average Bonchev–Trinajstić information content (AvgIpc) is 2.68. The van der Waals surface area contributed by atoms with Gasteiger partial charge in [-0.2, -0.15) is 0 Å². The second kappa shape index (κ2) is 5.17. The van der Waals surface area contributed by atoms with Gasteiger partial charge in [-0.15, -0.1) is 11.3 Å².